The van der Waals surface area contributed by atoms with E-state index in [9.17, 15) is 0 Å². The summed E-state index contributed by atoms with van der Waals surface area (Å²) in [6, 6.07) is 0.889. The molecule has 2 nitrogen and oxygen atoms in total. The Hall–Kier alpha value is -0.0800. The lowest BCUT2D eigenvalue weighted by molar-refractivity contribution is 0.0745. The number of hydrogen-bond acceptors (Lipinski definition) is 2. The topological polar surface area (TPSA) is 15.3 Å². The van der Waals surface area contributed by atoms with Gasteiger partial charge in [0.25, 0.3) is 0 Å². The fraction of sp³-hybridized carbons (Fsp3) is 1.00. The molecule has 1 aliphatic heterocycles. The SMILES string of the molecule is CC1CCCC1N1CCNC(C)(C2CC2)C1. The van der Waals surface area contributed by atoms with Crippen LogP contribution >= 0.6 is 0 Å². The maximum absolute atomic E-state index is 3.78. The summed E-state index contributed by atoms with van der Waals surface area (Å²) in [4.78, 5) is 2.80. The Morgan fingerprint density at radius 3 is 2.62 bits per heavy atom. The molecular formula is C14H26N2. The third-order valence-electron chi connectivity index (χ3n) is 5.22. The van der Waals surface area contributed by atoms with Gasteiger partial charge in [-0.3, -0.25) is 4.90 Å². The number of nitrogens with zero attached hydrogens (tertiary/aromatic N) is 1. The first-order chi connectivity index (χ1) is 7.69. The standard InChI is InChI=1S/C14H26N2/c1-11-4-3-5-13(11)16-9-8-15-14(2,10-16)12-6-7-12/h11-13,15H,3-10H2,1-2H3. The molecule has 1 N–H and O–H groups in total. The highest BCUT2D eigenvalue weighted by Crippen LogP contribution is 2.42. The third kappa shape index (κ3) is 1.91. The summed E-state index contributed by atoms with van der Waals surface area (Å²) in [5, 5.41) is 3.78. The van der Waals surface area contributed by atoms with Gasteiger partial charge in [-0.05, 0) is 44.4 Å². The molecule has 3 unspecified atom stereocenters. The maximum Gasteiger partial charge on any atom is 0.0309 e. The van der Waals surface area contributed by atoms with Gasteiger partial charge in [0.15, 0.2) is 0 Å². The van der Waals surface area contributed by atoms with E-state index in [1.54, 1.807) is 0 Å². The molecule has 0 radical (unpaired) electrons. The molecule has 0 aromatic carbocycles. The molecule has 0 bridgehead atoms. The summed E-state index contributed by atoms with van der Waals surface area (Å²) in [6.07, 6.45) is 7.27. The Bertz CT molecular complexity index is 261. The molecule has 0 aromatic rings. The van der Waals surface area contributed by atoms with Gasteiger partial charge in [-0.25, -0.2) is 0 Å². The van der Waals surface area contributed by atoms with Gasteiger partial charge in [-0.15, -0.1) is 0 Å². The normalized spacial score (nSPS) is 46.1. The van der Waals surface area contributed by atoms with Crippen molar-refractivity contribution in [1.29, 1.82) is 0 Å². The van der Waals surface area contributed by atoms with Crippen molar-refractivity contribution in [2.24, 2.45) is 11.8 Å². The van der Waals surface area contributed by atoms with E-state index in [2.05, 4.69) is 24.1 Å². The smallest absolute Gasteiger partial charge is 0.0309 e. The van der Waals surface area contributed by atoms with Crippen LogP contribution < -0.4 is 5.32 Å². The van der Waals surface area contributed by atoms with Crippen LogP contribution in [0.5, 0.6) is 0 Å². The highest BCUT2D eigenvalue weighted by molar-refractivity contribution is 5.03. The van der Waals surface area contributed by atoms with Crippen molar-refractivity contribution in [2.75, 3.05) is 19.6 Å². The van der Waals surface area contributed by atoms with Crippen molar-refractivity contribution in [3.63, 3.8) is 0 Å². The second-order valence-electron chi connectivity index (χ2n) is 6.56. The zero-order valence-corrected chi connectivity index (χ0v) is 10.8. The molecule has 0 amide bonds. The van der Waals surface area contributed by atoms with Crippen molar-refractivity contribution >= 4 is 0 Å². The molecule has 3 fully saturated rings. The summed E-state index contributed by atoms with van der Waals surface area (Å²) >= 11 is 0. The predicted octanol–water partition coefficient (Wildman–Crippen LogP) is 2.25. The molecule has 1 saturated heterocycles. The lowest BCUT2D eigenvalue weighted by atomic mass is 9.91. The molecule has 92 valence electrons. The van der Waals surface area contributed by atoms with E-state index in [0.717, 1.165) is 17.9 Å². The fourth-order valence-electron chi connectivity index (χ4n) is 3.99. The van der Waals surface area contributed by atoms with Crippen LogP contribution in [-0.2, 0) is 0 Å². The molecular weight excluding hydrogens is 196 g/mol. The average Bonchev–Trinajstić information content (AvgIpc) is 3.03. The lowest BCUT2D eigenvalue weighted by Crippen LogP contribution is -2.62. The summed E-state index contributed by atoms with van der Waals surface area (Å²) in [6.45, 7) is 8.69. The molecule has 2 saturated carbocycles. The molecule has 0 aromatic heterocycles. The van der Waals surface area contributed by atoms with E-state index < -0.39 is 0 Å². The Labute approximate surface area is 99.8 Å². The highest BCUT2D eigenvalue weighted by Gasteiger charge is 2.45. The Kier molecular flexibility index (Phi) is 2.75. The second kappa shape index (κ2) is 3.99. The van der Waals surface area contributed by atoms with Crippen LogP contribution in [0, 0.1) is 11.8 Å². The molecule has 16 heavy (non-hydrogen) atoms. The van der Waals surface area contributed by atoms with Gasteiger partial charge in [0.05, 0.1) is 0 Å². The first-order valence-corrected chi connectivity index (χ1v) is 7.18. The average molecular weight is 222 g/mol. The summed E-state index contributed by atoms with van der Waals surface area (Å²) in [5.41, 5.74) is 0.431. The van der Waals surface area contributed by atoms with Crippen molar-refractivity contribution in [2.45, 2.75) is 57.5 Å². The third-order valence-corrected chi connectivity index (χ3v) is 5.22. The highest BCUT2D eigenvalue weighted by atomic mass is 15.3. The minimum Gasteiger partial charge on any atom is -0.309 e. The first kappa shape index (κ1) is 11.0. The summed E-state index contributed by atoms with van der Waals surface area (Å²) < 4.78 is 0. The van der Waals surface area contributed by atoms with Crippen LogP contribution in [0.4, 0.5) is 0 Å². The molecule has 2 heteroatoms. The Balaban J connectivity index is 1.67. The van der Waals surface area contributed by atoms with Gasteiger partial charge < -0.3 is 5.32 Å². The van der Waals surface area contributed by atoms with Crippen LogP contribution in [0.15, 0.2) is 0 Å². The van der Waals surface area contributed by atoms with Crippen LogP contribution in [0.2, 0.25) is 0 Å². The van der Waals surface area contributed by atoms with Gasteiger partial charge >= 0.3 is 0 Å². The van der Waals surface area contributed by atoms with Crippen LogP contribution in [0.1, 0.15) is 46.0 Å². The van der Waals surface area contributed by atoms with Crippen LogP contribution in [0.3, 0.4) is 0 Å². The van der Waals surface area contributed by atoms with Crippen molar-refractivity contribution in [3.8, 4) is 0 Å². The largest absolute Gasteiger partial charge is 0.309 e. The Morgan fingerprint density at radius 2 is 2.00 bits per heavy atom. The second-order valence-corrected chi connectivity index (χ2v) is 6.56. The number of rotatable bonds is 2. The molecule has 2 aliphatic carbocycles. The number of piperazine rings is 1. The molecule has 1 heterocycles. The zero-order chi connectivity index (χ0) is 11.2. The van der Waals surface area contributed by atoms with Gasteiger partial charge in [0.2, 0.25) is 0 Å². The lowest BCUT2D eigenvalue weighted by Gasteiger charge is -2.45. The first-order valence-electron chi connectivity index (χ1n) is 7.18. The van der Waals surface area contributed by atoms with E-state index in [-0.39, 0.29) is 0 Å². The Morgan fingerprint density at radius 1 is 1.19 bits per heavy atom. The van der Waals surface area contributed by atoms with Crippen molar-refractivity contribution in [3.05, 3.63) is 0 Å². The van der Waals surface area contributed by atoms with Gasteiger partial charge in [0.1, 0.15) is 0 Å². The molecule has 3 rings (SSSR count). The predicted molar refractivity (Wildman–Crippen MR) is 67.5 cm³/mol. The molecule has 3 aliphatic rings. The minimum absolute atomic E-state index is 0.431. The van der Waals surface area contributed by atoms with Gasteiger partial charge in [-0.1, -0.05) is 13.3 Å². The zero-order valence-electron chi connectivity index (χ0n) is 10.8. The van der Waals surface area contributed by atoms with Crippen molar-refractivity contribution in [1.82, 2.24) is 10.2 Å². The quantitative estimate of drug-likeness (QED) is 0.771. The number of nitrogens with one attached hydrogen (secondary N) is 1. The molecule has 0 spiro atoms. The van der Waals surface area contributed by atoms with E-state index in [0.29, 0.717) is 5.54 Å². The van der Waals surface area contributed by atoms with E-state index >= 15 is 0 Å². The fourth-order valence-corrected chi connectivity index (χ4v) is 3.99. The van der Waals surface area contributed by atoms with Gasteiger partial charge in [-0.2, -0.15) is 0 Å². The summed E-state index contributed by atoms with van der Waals surface area (Å²) in [5.74, 6) is 1.90. The van der Waals surface area contributed by atoms with E-state index in [1.165, 1.54) is 51.7 Å². The monoisotopic (exact) mass is 222 g/mol. The minimum atomic E-state index is 0.431. The van der Waals surface area contributed by atoms with Gasteiger partial charge in [0, 0.05) is 31.2 Å². The summed E-state index contributed by atoms with van der Waals surface area (Å²) in [7, 11) is 0. The van der Waals surface area contributed by atoms with E-state index in [4.69, 9.17) is 0 Å². The van der Waals surface area contributed by atoms with Crippen LogP contribution in [0.25, 0.3) is 0 Å². The van der Waals surface area contributed by atoms with Crippen molar-refractivity contribution < 1.29 is 0 Å². The van der Waals surface area contributed by atoms with Crippen LogP contribution in [-0.4, -0.2) is 36.1 Å². The number of hydrogen-bond donors (Lipinski definition) is 1. The molecule has 3 atom stereocenters. The maximum atomic E-state index is 3.78. The van der Waals surface area contributed by atoms with E-state index in [1.807, 2.05) is 0 Å².